The van der Waals surface area contributed by atoms with Crippen LogP contribution in [-0.4, -0.2) is 46.5 Å². The Kier molecular flexibility index (Phi) is 7.32. The summed E-state index contributed by atoms with van der Waals surface area (Å²) in [6.07, 6.45) is 4.68. The molecular weight excluding hydrogens is 492 g/mol. The van der Waals surface area contributed by atoms with Crippen molar-refractivity contribution < 1.29 is 19.1 Å². The molecule has 2 aromatic rings. The summed E-state index contributed by atoms with van der Waals surface area (Å²) in [6.45, 7) is 1.54. The number of halogens is 1. The first-order chi connectivity index (χ1) is 15.5. The number of hydrogen-bond donors (Lipinski definition) is 0. The Balaban J connectivity index is 1.49. The van der Waals surface area contributed by atoms with E-state index in [9.17, 15) is 14.4 Å². The summed E-state index contributed by atoms with van der Waals surface area (Å²) in [6, 6.07) is 15.3. The molecule has 0 atom stereocenters. The Bertz CT molecular complexity index is 1050. The van der Waals surface area contributed by atoms with Crippen molar-refractivity contribution in [2.24, 2.45) is 0 Å². The van der Waals surface area contributed by atoms with Crippen molar-refractivity contribution >= 4 is 50.8 Å². The number of thioether (sulfide) groups is 1. The molecule has 2 heterocycles. The molecule has 0 radical (unpaired) electrons. The standard InChI is InChI=1S/C24H23BrN2O4S/c25-19-9-10-20(31-16-17-7-3-1-4-8-17)18(13-19)14-21-23(29)27(24(30)32-21)15-22(28)26-11-5-2-6-12-26/h1,3-4,7-10,13-14H,2,5-6,11-12,15-16H2/b21-14-. The molecule has 0 unspecified atom stereocenters. The zero-order chi connectivity index (χ0) is 22.5. The second kappa shape index (κ2) is 10.4. The Labute approximate surface area is 199 Å². The summed E-state index contributed by atoms with van der Waals surface area (Å²) >= 11 is 4.30. The van der Waals surface area contributed by atoms with Crippen LogP contribution in [0.15, 0.2) is 57.9 Å². The highest BCUT2D eigenvalue weighted by atomic mass is 79.9. The molecule has 0 bridgehead atoms. The third-order valence-corrected chi connectivity index (χ3v) is 6.77. The first-order valence-electron chi connectivity index (χ1n) is 10.5. The van der Waals surface area contributed by atoms with Crippen molar-refractivity contribution in [3.05, 3.63) is 69.0 Å². The SMILES string of the molecule is O=C(CN1C(=O)S/C(=C\c2cc(Br)ccc2OCc2ccccc2)C1=O)N1CCCCC1. The summed E-state index contributed by atoms with van der Waals surface area (Å²) in [4.78, 5) is 41.0. The fraction of sp³-hybridized carbons (Fsp3) is 0.292. The molecule has 2 aliphatic rings. The average molecular weight is 515 g/mol. The first kappa shape index (κ1) is 22.6. The number of benzene rings is 2. The van der Waals surface area contributed by atoms with Crippen molar-refractivity contribution in [2.75, 3.05) is 19.6 Å². The average Bonchev–Trinajstić information content (AvgIpc) is 3.07. The smallest absolute Gasteiger partial charge is 0.294 e. The summed E-state index contributed by atoms with van der Waals surface area (Å²) in [7, 11) is 0. The summed E-state index contributed by atoms with van der Waals surface area (Å²) in [5, 5.41) is -0.423. The second-order valence-corrected chi connectivity index (χ2v) is 9.57. The van der Waals surface area contributed by atoms with E-state index in [1.165, 1.54) is 0 Å². The van der Waals surface area contributed by atoms with Gasteiger partial charge in [-0.05, 0) is 60.9 Å². The van der Waals surface area contributed by atoms with Crippen LogP contribution in [0.2, 0.25) is 0 Å². The largest absolute Gasteiger partial charge is 0.488 e. The number of rotatable bonds is 6. The van der Waals surface area contributed by atoms with E-state index < -0.39 is 11.1 Å². The van der Waals surface area contributed by atoms with Gasteiger partial charge >= 0.3 is 0 Å². The van der Waals surface area contributed by atoms with Gasteiger partial charge < -0.3 is 9.64 Å². The van der Waals surface area contributed by atoms with Crippen LogP contribution in [0.25, 0.3) is 6.08 Å². The molecule has 32 heavy (non-hydrogen) atoms. The molecule has 3 amide bonds. The minimum atomic E-state index is -0.445. The molecule has 2 aliphatic heterocycles. The lowest BCUT2D eigenvalue weighted by atomic mass is 10.1. The molecule has 2 aromatic carbocycles. The van der Waals surface area contributed by atoms with Gasteiger partial charge in [0.25, 0.3) is 11.1 Å². The molecule has 0 spiro atoms. The maximum Gasteiger partial charge on any atom is 0.294 e. The number of likely N-dealkylation sites (tertiary alicyclic amines) is 1. The lowest BCUT2D eigenvalue weighted by Crippen LogP contribution is -2.44. The normalized spacial score (nSPS) is 17.8. The fourth-order valence-corrected chi connectivity index (χ4v) is 4.86. The highest BCUT2D eigenvalue weighted by molar-refractivity contribution is 9.10. The first-order valence-corrected chi connectivity index (χ1v) is 12.1. The van der Waals surface area contributed by atoms with Crippen LogP contribution in [0, 0.1) is 0 Å². The number of carbonyl (C=O) groups excluding carboxylic acids is 3. The van der Waals surface area contributed by atoms with Crippen LogP contribution in [0.3, 0.4) is 0 Å². The van der Waals surface area contributed by atoms with Crippen LogP contribution in [-0.2, 0) is 16.2 Å². The molecule has 2 saturated heterocycles. The molecule has 166 valence electrons. The lowest BCUT2D eigenvalue weighted by molar-refractivity contribution is -0.136. The lowest BCUT2D eigenvalue weighted by Gasteiger charge is -2.27. The second-order valence-electron chi connectivity index (χ2n) is 7.67. The maximum atomic E-state index is 12.9. The molecular formula is C24H23BrN2O4S. The highest BCUT2D eigenvalue weighted by Gasteiger charge is 2.37. The number of ether oxygens (including phenoxy) is 1. The van der Waals surface area contributed by atoms with E-state index in [0.29, 0.717) is 31.0 Å². The third kappa shape index (κ3) is 5.42. The number of carbonyl (C=O) groups is 3. The van der Waals surface area contributed by atoms with Gasteiger partial charge in [0.05, 0.1) is 4.91 Å². The van der Waals surface area contributed by atoms with E-state index in [1.807, 2.05) is 48.5 Å². The van der Waals surface area contributed by atoms with Crippen molar-refractivity contribution in [2.45, 2.75) is 25.9 Å². The van der Waals surface area contributed by atoms with Crippen LogP contribution < -0.4 is 4.74 Å². The van der Waals surface area contributed by atoms with E-state index in [0.717, 1.165) is 46.0 Å². The van der Waals surface area contributed by atoms with E-state index in [-0.39, 0.29) is 17.4 Å². The summed E-state index contributed by atoms with van der Waals surface area (Å²) in [5.74, 6) is -0.0184. The van der Waals surface area contributed by atoms with Gasteiger partial charge in [0.2, 0.25) is 5.91 Å². The minimum absolute atomic E-state index is 0.178. The molecule has 0 N–H and O–H groups in total. The molecule has 0 aromatic heterocycles. The van der Waals surface area contributed by atoms with Crippen molar-refractivity contribution in [3.63, 3.8) is 0 Å². The van der Waals surface area contributed by atoms with E-state index in [2.05, 4.69) is 15.9 Å². The molecule has 8 heteroatoms. The fourth-order valence-electron chi connectivity index (χ4n) is 3.65. The number of hydrogen-bond acceptors (Lipinski definition) is 5. The van der Waals surface area contributed by atoms with Crippen molar-refractivity contribution in [1.82, 2.24) is 9.80 Å². The summed E-state index contributed by atoms with van der Waals surface area (Å²) in [5.41, 5.74) is 1.71. The van der Waals surface area contributed by atoms with Gasteiger partial charge in [-0.25, -0.2) is 0 Å². The Morgan fingerprint density at radius 2 is 1.81 bits per heavy atom. The topological polar surface area (TPSA) is 66.9 Å². The predicted octanol–water partition coefficient (Wildman–Crippen LogP) is 5.08. The Hall–Kier alpha value is -2.58. The molecule has 0 aliphatic carbocycles. The number of nitrogens with zero attached hydrogens (tertiary/aromatic N) is 2. The van der Waals surface area contributed by atoms with Crippen LogP contribution >= 0.6 is 27.7 Å². The zero-order valence-electron chi connectivity index (χ0n) is 17.5. The van der Waals surface area contributed by atoms with Crippen molar-refractivity contribution in [3.8, 4) is 5.75 Å². The highest BCUT2D eigenvalue weighted by Crippen LogP contribution is 2.35. The molecule has 4 rings (SSSR count). The van der Waals surface area contributed by atoms with Gasteiger partial charge in [-0.15, -0.1) is 0 Å². The Morgan fingerprint density at radius 1 is 1.06 bits per heavy atom. The zero-order valence-corrected chi connectivity index (χ0v) is 19.9. The van der Waals surface area contributed by atoms with Gasteiger partial charge in [-0.3, -0.25) is 19.3 Å². The monoisotopic (exact) mass is 514 g/mol. The Morgan fingerprint density at radius 3 is 2.56 bits per heavy atom. The predicted molar refractivity (Wildman–Crippen MR) is 128 cm³/mol. The molecule has 6 nitrogen and oxygen atoms in total. The van der Waals surface area contributed by atoms with E-state index in [4.69, 9.17) is 4.74 Å². The van der Waals surface area contributed by atoms with Gasteiger partial charge in [0, 0.05) is 23.1 Å². The van der Waals surface area contributed by atoms with Crippen LogP contribution in [0.5, 0.6) is 5.75 Å². The minimum Gasteiger partial charge on any atom is -0.488 e. The maximum absolute atomic E-state index is 12.9. The van der Waals surface area contributed by atoms with E-state index >= 15 is 0 Å². The van der Waals surface area contributed by atoms with Gasteiger partial charge in [-0.2, -0.15) is 0 Å². The van der Waals surface area contributed by atoms with Crippen molar-refractivity contribution in [1.29, 1.82) is 0 Å². The van der Waals surface area contributed by atoms with Gasteiger partial charge in [0.1, 0.15) is 18.9 Å². The van der Waals surface area contributed by atoms with E-state index in [1.54, 1.807) is 11.0 Å². The van der Waals surface area contributed by atoms with Crippen LogP contribution in [0.4, 0.5) is 4.79 Å². The molecule has 2 fully saturated rings. The quantitative estimate of drug-likeness (QED) is 0.503. The number of imide groups is 1. The van der Waals surface area contributed by atoms with Gasteiger partial charge in [0.15, 0.2) is 0 Å². The molecule has 0 saturated carbocycles. The third-order valence-electron chi connectivity index (χ3n) is 5.37. The summed E-state index contributed by atoms with van der Waals surface area (Å²) < 4.78 is 6.81. The van der Waals surface area contributed by atoms with Gasteiger partial charge in [-0.1, -0.05) is 46.3 Å². The number of piperidine rings is 1. The number of amides is 3. The van der Waals surface area contributed by atoms with Crippen LogP contribution in [0.1, 0.15) is 30.4 Å².